The fourth-order valence-electron chi connectivity index (χ4n) is 2.44. The zero-order valence-electron chi connectivity index (χ0n) is 13.2. The van der Waals surface area contributed by atoms with Crippen molar-refractivity contribution in [2.45, 2.75) is 0 Å². The fourth-order valence-corrected chi connectivity index (χ4v) is 2.44. The minimum absolute atomic E-state index is 0.387. The van der Waals surface area contributed by atoms with E-state index in [2.05, 4.69) is 5.32 Å². The van der Waals surface area contributed by atoms with Crippen LogP contribution in [0.3, 0.4) is 0 Å². The molecule has 0 heterocycles. The van der Waals surface area contributed by atoms with Crippen molar-refractivity contribution >= 4 is 28.3 Å². The summed E-state index contributed by atoms with van der Waals surface area (Å²) in [6, 6.07) is 21.2. The van der Waals surface area contributed by atoms with Crippen LogP contribution < -0.4 is 5.32 Å². The number of hydrogen-bond acceptors (Lipinski definition) is 4. The van der Waals surface area contributed by atoms with Gasteiger partial charge in [-0.25, -0.2) is 4.79 Å². The molecule has 0 bridgehead atoms. The minimum Gasteiger partial charge on any atom is -0.452 e. The Balaban J connectivity index is 1.63. The highest BCUT2D eigenvalue weighted by Crippen LogP contribution is 2.19. The number of carbonyl (C=O) groups is 2. The number of carbonyl (C=O) groups excluding carboxylic acids is 2. The second kappa shape index (κ2) is 7.28. The van der Waals surface area contributed by atoms with Gasteiger partial charge in [0.15, 0.2) is 6.61 Å². The SMILES string of the molecule is N#Cc1ccc(NC(=O)COC(=O)c2cccc3ccccc23)cc1. The summed E-state index contributed by atoms with van der Waals surface area (Å²) in [6.07, 6.45) is 0. The lowest BCUT2D eigenvalue weighted by Crippen LogP contribution is -2.21. The van der Waals surface area contributed by atoms with E-state index in [0.717, 1.165) is 10.8 Å². The number of anilines is 1. The predicted molar refractivity (Wildman–Crippen MR) is 94.0 cm³/mol. The standard InChI is InChI=1S/C20H14N2O3/c21-12-14-8-10-16(11-9-14)22-19(23)13-25-20(24)18-7-3-5-15-4-1-2-6-17(15)18/h1-11H,13H2,(H,22,23). The van der Waals surface area contributed by atoms with Crippen molar-refractivity contribution in [1.29, 1.82) is 5.26 Å². The number of nitriles is 1. The molecule has 3 rings (SSSR count). The van der Waals surface area contributed by atoms with Crippen LogP contribution in [-0.4, -0.2) is 18.5 Å². The Morgan fingerprint density at radius 2 is 1.68 bits per heavy atom. The van der Waals surface area contributed by atoms with Crippen LogP contribution in [0.15, 0.2) is 66.7 Å². The van der Waals surface area contributed by atoms with Crippen LogP contribution in [-0.2, 0) is 9.53 Å². The third-order valence-corrected chi connectivity index (χ3v) is 3.64. The second-order valence-electron chi connectivity index (χ2n) is 5.34. The van der Waals surface area contributed by atoms with Crippen molar-refractivity contribution in [3.8, 4) is 6.07 Å². The summed E-state index contributed by atoms with van der Waals surface area (Å²) < 4.78 is 5.11. The van der Waals surface area contributed by atoms with E-state index in [0.29, 0.717) is 16.8 Å². The molecule has 0 unspecified atom stereocenters. The topological polar surface area (TPSA) is 79.2 Å². The van der Waals surface area contributed by atoms with Gasteiger partial charge in [-0.3, -0.25) is 4.79 Å². The van der Waals surface area contributed by atoms with E-state index in [1.165, 1.54) is 0 Å². The molecular formula is C20H14N2O3. The number of ether oxygens (including phenoxy) is 1. The van der Waals surface area contributed by atoms with E-state index in [9.17, 15) is 9.59 Å². The molecule has 0 saturated carbocycles. The first-order valence-electron chi connectivity index (χ1n) is 7.62. The Morgan fingerprint density at radius 3 is 2.44 bits per heavy atom. The van der Waals surface area contributed by atoms with Gasteiger partial charge in [0.25, 0.3) is 5.91 Å². The Labute approximate surface area is 144 Å². The van der Waals surface area contributed by atoms with Gasteiger partial charge in [-0.2, -0.15) is 5.26 Å². The number of hydrogen-bond donors (Lipinski definition) is 1. The van der Waals surface area contributed by atoms with Crippen molar-refractivity contribution in [2.75, 3.05) is 11.9 Å². The third-order valence-electron chi connectivity index (χ3n) is 3.64. The maximum atomic E-state index is 12.3. The van der Waals surface area contributed by atoms with Crippen LogP contribution in [0.25, 0.3) is 10.8 Å². The van der Waals surface area contributed by atoms with Crippen LogP contribution in [0.4, 0.5) is 5.69 Å². The number of fused-ring (bicyclic) bond motifs is 1. The van der Waals surface area contributed by atoms with E-state index < -0.39 is 11.9 Å². The number of amides is 1. The van der Waals surface area contributed by atoms with Crippen molar-refractivity contribution in [1.82, 2.24) is 0 Å². The summed E-state index contributed by atoms with van der Waals surface area (Å²) in [5.41, 5.74) is 1.45. The molecule has 0 spiro atoms. The molecule has 0 aliphatic heterocycles. The predicted octanol–water partition coefficient (Wildman–Crippen LogP) is 3.51. The molecule has 122 valence electrons. The summed E-state index contributed by atoms with van der Waals surface area (Å²) in [5.74, 6) is -0.995. The van der Waals surface area contributed by atoms with Crippen molar-refractivity contribution in [3.63, 3.8) is 0 Å². The van der Waals surface area contributed by atoms with Crippen molar-refractivity contribution in [3.05, 3.63) is 77.9 Å². The van der Waals surface area contributed by atoms with Crippen molar-refractivity contribution < 1.29 is 14.3 Å². The third kappa shape index (κ3) is 3.82. The Morgan fingerprint density at radius 1 is 0.960 bits per heavy atom. The minimum atomic E-state index is -0.549. The molecule has 1 N–H and O–H groups in total. The Bertz CT molecular complexity index is 967. The van der Waals surface area contributed by atoms with E-state index in [4.69, 9.17) is 10.00 Å². The summed E-state index contributed by atoms with van der Waals surface area (Å²) in [6.45, 7) is -0.387. The molecule has 1 amide bonds. The first-order chi connectivity index (χ1) is 12.2. The van der Waals surface area contributed by atoms with Gasteiger partial charge >= 0.3 is 5.97 Å². The van der Waals surface area contributed by atoms with Gasteiger partial charge in [-0.1, -0.05) is 36.4 Å². The second-order valence-corrected chi connectivity index (χ2v) is 5.34. The highest BCUT2D eigenvalue weighted by atomic mass is 16.5. The molecule has 0 fully saturated rings. The average molecular weight is 330 g/mol. The molecule has 3 aromatic rings. The van der Waals surface area contributed by atoms with Gasteiger partial charge in [0.1, 0.15) is 0 Å². The number of esters is 1. The van der Waals surface area contributed by atoms with Crippen LogP contribution in [0.2, 0.25) is 0 Å². The molecule has 0 atom stereocenters. The molecule has 0 aliphatic carbocycles. The molecular weight excluding hydrogens is 316 g/mol. The van der Waals surface area contributed by atoms with Crippen molar-refractivity contribution in [2.24, 2.45) is 0 Å². The number of benzene rings is 3. The molecule has 3 aromatic carbocycles. The van der Waals surface area contributed by atoms with E-state index in [1.807, 2.05) is 36.4 Å². The zero-order valence-corrected chi connectivity index (χ0v) is 13.2. The average Bonchev–Trinajstić information content (AvgIpc) is 2.66. The van der Waals surface area contributed by atoms with Gasteiger partial charge in [0.05, 0.1) is 17.2 Å². The van der Waals surface area contributed by atoms with Crippen LogP contribution >= 0.6 is 0 Å². The molecule has 25 heavy (non-hydrogen) atoms. The smallest absolute Gasteiger partial charge is 0.339 e. The molecule has 5 heteroatoms. The van der Waals surface area contributed by atoms with Crippen LogP contribution in [0.5, 0.6) is 0 Å². The monoisotopic (exact) mass is 330 g/mol. The molecule has 5 nitrogen and oxygen atoms in total. The normalized spacial score (nSPS) is 10.0. The number of rotatable bonds is 4. The summed E-state index contributed by atoms with van der Waals surface area (Å²) in [7, 11) is 0. The molecule has 0 radical (unpaired) electrons. The summed E-state index contributed by atoms with van der Waals surface area (Å²) in [5, 5.41) is 13.1. The van der Waals surface area contributed by atoms with E-state index in [1.54, 1.807) is 36.4 Å². The van der Waals surface area contributed by atoms with Gasteiger partial charge in [-0.15, -0.1) is 0 Å². The lowest BCUT2D eigenvalue weighted by Gasteiger charge is -2.08. The van der Waals surface area contributed by atoms with Crippen LogP contribution in [0, 0.1) is 11.3 Å². The first kappa shape index (κ1) is 16.2. The molecule has 0 aromatic heterocycles. The highest BCUT2D eigenvalue weighted by Gasteiger charge is 2.13. The lowest BCUT2D eigenvalue weighted by atomic mass is 10.1. The first-order valence-corrected chi connectivity index (χ1v) is 7.62. The highest BCUT2D eigenvalue weighted by molar-refractivity contribution is 6.05. The van der Waals surface area contributed by atoms with Gasteiger partial charge in [0, 0.05) is 5.69 Å². The van der Waals surface area contributed by atoms with Gasteiger partial charge in [0.2, 0.25) is 0 Å². The summed E-state index contributed by atoms with van der Waals surface area (Å²) in [4.78, 5) is 24.2. The summed E-state index contributed by atoms with van der Waals surface area (Å²) >= 11 is 0. The zero-order chi connectivity index (χ0) is 17.6. The van der Waals surface area contributed by atoms with E-state index >= 15 is 0 Å². The number of nitrogens with zero attached hydrogens (tertiary/aromatic N) is 1. The number of nitrogens with one attached hydrogen (secondary N) is 1. The van der Waals surface area contributed by atoms with E-state index in [-0.39, 0.29) is 6.61 Å². The maximum absolute atomic E-state index is 12.3. The molecule has 0 saturated heterocycles. The quantitative estimate of drug-likeness (QED) is 0.743. The largest absolute Gasteiger partial charge is 0.452 e. The van der Waals surface area contributed by atoms with Gasteiger partial charge in [-0.05, 0) is 41.1 Å². The molecule has 0 aliphatic rings. The fraction of sp³-hybridized carbons (Fsp3) is 0.0500. The Kier molecular flexibility index (Phi) is 4.72. The van der Waals surface area contributed by atoms with Gasteiger partial charge < -0.3 is 10.1 Å². The lowest BCUT2D eigenvalue weighted by molar-refractivity contribution is -0.119. The Hall–Kier alpha value is -3.65. The maximum Gasteiger partial charge on any atom is 0.339 e. The van der Waals surface area contributed by atoms with Crippen LogP contribution in [0.1, 0.15) is 15.9 Å².